The normalized spacial score (nSPS) is 16.9. The van der Waals surface area contributed by atoms with Crippen molar-refractivity contribution >= 4 is 50.5 Å². The molecule has 4 heterocycles. The van der Waals surface area contributed by atoms with Gasteiger partial charge in [0.05, 0.1) is 16.6 Å². The van der Waals surface area contributed by atoms with Gasteiger partial charge in [0.15, 0.2) is 5.78 Å². The Morgan fingerprint density at radius 1 is 1.23 bits per heavy atom. The predicted molar refractivity (Wildman–Crippen MR) is 129 cm³/mol. The van der Waals surface area contributed by atoms with E-state index < -0.39 is 11.9 Å². The number of carbonyl (C=O) groups is 2. The Labute approximate surface area is 207 Å². The number of aryl methyl sites for hydroxylation is 1. The molecule has 0 atom stereocenters. The Hall–Kier alpha value is -3.10. The first-order valence-electron chi connectivity index (χ1n) is 10.7. The fourth-order valence-electron chi connectivity index (χ4n) is 4.15. The molecule has 3 aromatic rings. The highest BCUT2D eigenvalue weighted by Gasteiger charge is 2.41. The Morgan fingerprint density at radius 2 is 1.94 bits per heavy atom. The highest BCUT2D eigenvalue weighted by atomic mass is 32.2. The van der Waals surface area contributed by atoms with Gasteiger partial charge in [-0.1, -0.05) is 11.3 Å². The summed E-state index contributed by atoms with van der Waals surface area (Å²) in [5, 5.41) is 10.1. The SMILES string of the molecule is Cc1c(N)sc2nc(C(F)(F)F)ccc12.N#Cc1ccc2c(c1)C(=O)CC1(CCN(C=O)CC1)S2. The number of ketones is 1. The molecule has 0 radical (unpaired) electrons. The van der Waals surface area contributed by atoms with Gasteiger partial charge in [-0.3, -0.25) is 9.59 Å². The first-order chi connectivity index (χ1) is 16.5. The van der Waals surface area contributed by atoms with Gasteiger partial charge < -0.3 is 10.6 Å². The third-order valence-electron chi connectivity index (χ3n) is 6.21. The molecule has 2 aliphatic heterocycles. The van der Waals surface area contributed by atoms with Crippen LogP contribution in [0.1, 0.15) is 46.4 Å². The van der Waals surface area contributed by atoms with Crippen molar-refractivity contribution in [3.05, 3.63) is 52.7 Å². The number of rotatable bonds is 1. The topological polar surface area (TPSA) is 100 Å². The molecule has 0 unspecified atom stereocenters. The van der Waals surface area contributed by atoms with Gasteiger partial charge in [-0.25, -0.2) is 4.98 Å². The molecule has 2 aliphatic rings. The fourth-order valence-corrected chi connectivity index (χ4v) is 6.58. The van der Waals surface area contributed by atoms with Crippen molar-refractivity contribution in [3.8, 4) is 6.07 Å². The minimum atomic E-state index is -4.40. The molecule has 1 spiro atoms. The van der Waals surface area contributed by atoms with Gasteiger partial charge in [0.2, 0.25) is 6.41 Å². The van der Waals surface area contributed by atoms with Crippen LogP contribution in [-0.2, 0) is 11.0 Å². The zero-order chi connectivity index (χ0) is 25.4. The number of likely N-dealkylation sites (tertiary alicyclic amines) is 1. The van der Waals surface area contributed by atoms with Crippen LogP contribution in [0.5, 0.6) is 0 Å². The van der Waals surface area contributed by atoms with Crippen molar-refractivity contribution in [2.24, 2.45) is 0 Å². The number of thiophene rings is 1. The summed E-state index contributed by atoms with van der Waals surface area (Å²) in [6.07, 6.45) is -1.31. The number of Topliss-reactive ketones (excluding diaryl/α,β-unsaturated/α-hetero) is 1. The maximum absolute atomic E-state index is 12.4. The van der Waals surface area contributed by atoms with Crippen LogP contribution in [-0.4, -0.2) is 39.9 Å². The second-order valence-corrected chi connectivity index (χ2v) is 11.0. The number of nitriles is 1. The number of nitrogen functional groups attached to an aromatic ring is 1. The molecule has 0 aliphatic carbocycles. The molecule has 182 valence electrons. The van der Waals surface area contributed by atoms with Gasteiger partial charge in [0, 0.05) is 40.1 Å². The van der Waals surface area contributed by atoms with Crippen LogP contribution in [0.15, 0.2) is 35.2 Å². The number of hydrogen-bond acceptors (Lipinski definition) is 7. The Balaban J connectivity index is 0.000000172. The number of thioether (sulfide) groups is 1. The molecule has 1 saturated heterocycles. The number of nitrogens with two attached hydrogens (primary N) is 1. The molecule has 5 rings (SSSR count). The van der Waals surface area contributed by atoms with E-state index in [9.17, 15) is 22.8 Å². The average Bonchev–Trinajstić information content (AvgIpc) is 3.12. The minimum Gasteiger partial charge on any atom is -0.390 e. The van der Waals surface area contributed by atoms with Gasteiger partial charge in [-0.05, 0) is 55.7 Å². The number of fused-ring (bicyclic) bond motifs is 2. The number of alkyl halides is 3. The van der Waals surface area contributed by atoms with Crippen LogP contribution in [0.25, 0.3) is 10.2 Å². The Morgan fingerprint density at radius 3 is 2.57 bits per heavy atom. The van der Waals surface area contributed by atoms with Crippen LogP contribution in [0.2, 0.25) is 0 Å². The number of anilines is 1. The molecule has 11 heteroatoms. The van der Waals surface area contributed by atoms with Crippen molar-refractivity contribution in [2.75, 3.05) is 18.8 Å². The molecular weight excluding hydrogens is 497 g/mol. The number of benzene rings is 1. The smallest absolute Gasteiger partial charge is 0.390 e. The van der Waals surface area contributed by atoms with Crippen molar-refractivity contribution < 1.29 is 22.8 Å². The van der Waals surface area contributed by atoms with E-state index in [1.54, 1.807) is 35.7 Å². The minimum absolute atomic E-state index is 0.0717. The molecule has 1 amide bonds. The van der Waals surface area contributed by atoms with Gasteiger partial charge in [-0.15, -0.1) is 11.8 Å². The molecule has 2 aromatic heterocycles. The van der Waals surface area contributed by atoms with Crippen LogP contribution in [0, 0.1) is 18.3 Å². The summed E-state index contributed by atoms with van der Waals surface area (Å²) >= 11 is 2.82. The molecule has 1 aromatic carbocycles. The summed E-state index contributed by atoms with van der Waals surface area (Å²) in [5.74, 6) is 0.121. The molecule has 0 saturated carbocycles. The van der Waals surface area contributed by atoms with Gasteiger partial charge in [0.1, 0.15) is 10.5 Å². The number of pyridine rings is 1. The van der Waals surface area contributed by atoms with Crippen molar-refractivity contribution in [2.45, 2.75) is 42.0 Å². The van der Waals surface area contributed by atoms with E-state index in [1.165, 1.54) is 6.07 Å². The third kappa shape index (κ3) is 5.13. The highest BCUT2D eigenvalue weighted by molar-refractivity contribution is 8.01. The van der Waals surface area contributed by atoms with E-state index in [2.05, 4.69) is 11.1 Å². The van der Waals surface area contributed by atoms with E-state index in [0.717, 1.165) is 60.2 Å². The number of nitrogens with zero attached hydrogens (tertiary/aromatic N) is 3. The molecule has 2 N–H and O–H groups in total. The lowest BCUT2D eigenvalue weighted by Crippen LogP contribution is -2.44. The monoisotopic (exact) mass is 518 g/mol. The number of aromatic nitrogens is 1. The lowest BCUT2D eigenvalue weighted by Gasteiger charge is -2.42. The molecule has 35 heavy (non-hydrogen) atoms. The quantitative estimate of drug-likeness (QED) is 0.431. The second-order valence-electron chi connectivity index (χ2n) is 8.49. The summed E-state index contributed by atoms with van der Waals surface area (Å²) in [6.45, 7) is 3.20. The summed E-state index contributed by atoms with van der Waals surface area (Å²) in [7, 11) is 0. The van der Waals surface area contributed by atoms with Crippen molar-refractivity contribution in [3.63, 3.8) is 0 Å². The maximum Gasteiger partial charge on any atom is 0.433 e. The summed E-state index contributed by atoms with van der Waals surface area (Å²) in [4.78, 5) is 29.8. The number of amides is 1. The van der Waals surface area contributed by atoms with Gasteiger partial charge in [0.25, 0.3) is 0 Å². The van der Waals surface area contributed by atoms with Gasteiger partial charge in [-0.2, -0.15) is 18.4 Å². The van der Waals surface area contributed by atoms with E-state index in [-0.39, 0.29) is 10.5 Å². The predicted octanol–water partition coefficient (Wildman–Crippen LogP) is 5.43. The zero-order valence-electron chi connectivity index (χ0n) is 18.7. The number of hydrogen-bond donors (Lipinski definition) is 1. The molecule has 0 bridgehead atoms. The fraction of sp³-hybridized carbons (Fsp3) is 0.333. The molecular formula is C24H21F3N4O2S2. The van der Waals surface area contributed by atoms with E-state index >= 15 is 0 Å². The van der Waals surface area contributed by atoms with E-state index in [1.807, 2.05) is 6.07 Å². The van der Waals surface area contributed by atoms with Gasteiger partial charge >= 0.3 is 6.18 Å². The van der Waals surface area contributed by atoms with Crippen LogP contribution < -0.4 is 5.73 Å². The molecule has 1 fully saturated rings. The summed E-state index contributed by atoms with van der Waals surface area (Å²) in [5.41, 5.74) is 6.73. The summed E-state index contributed by atoms with van der Waals surface area (Å²) in [6, 6.07) is 9.79. The Bertz CT molecular complexity index is 1340. The van der Waals surface area contributed by atoms with Crippen molar-refractivity contribution in [1.29, 1.82) is 5.26 Å². The lowest BCUT2D eigenvalue weighted by atomic mass is 9.88. The number of halogens is 3. The second kappa shape index (κ2) is 9.51. The highest BCUT2D eigenvalue weighted by Crippen LogP contribution is 2.49. The Kier molecular flexibility index (Phi) is 6.79. The lowest BCUT2D eigenvalue weighted by molar-refractivity contribution is -0.140. The third-order valence-corrected chi connectivity index (χ3v) is 8.80. The van der Waals surface area contributed by atoms with E-state index in [4.69, 9.17) is 11.0 Å². The number of carbonyl (C=O) groups excluding carboxylic acids is 2. The standard InChI is InChI=1S/C15H14N2O2S.C9H7F3N2S/c16-9-11-1-2-14-12(7-11)13(19)8-15(20-14)3-5-17(10-18)6-4-15;1-4-5-2-3-6(9(10,11)12)14-8(5)15-7(4)13/h1-2,7,10H,3-6,8H2;2-3H,13H2,1H3. The molecule has 6 nitrogen and oxygen atoms in total. The van der Waals surface area contributed by atoms with Crippen LogP contribution in [0.4, 0.5) is 18.2 Å². The maximum atomic E-state index is 12.4. The first kappa shape index (κ1) is 25.0. The van der Waals surface area contributed by atoms with Crippen LogP contribution in [0.3, 0.4) is 0 Å². The first-order valence-corrected chi connectivity index (χ1v) is 12.4. The van der Waals surface area contributed by atoms with Crippen molar-refractivity contribution in [1.82, 2.24) is 9.88 Å². The van der Waals surface area contributed by atoms with E-state index in [0.29, 0.717) is 32.8 Å². The average molecular weight is 519 g/mol. The van der Waals surface area contributed by atoms with Crippen LogP contribution >= 0.6 is 23.1 Å². The number of piperidine rings is 1. The zero-order valence-corrected chi connectivity index (χ0v) is 20.3. The summed E-state index contributed by atoms with van der Waals surface area (Å²) < 4.78 is 36.9. The largest absolute Gasteiger partial charge is 0.433 e.